The fraction of sp³-hybridized carbons (Fsp3) is 0.150. The summed E-state index contributed by atoms with van der Waals surface area (Å²) in [6.07, 6.45) is 0. The zero-order valence-electron chi connectivity index (χ0n) is 13.8. The Morgan fingerprint density at radius 1 is 1.00 bits per heavy atom. The van der Waals surface area contributed by atoms with Gasteiger partial charge in [-0.2, -0.15) is 0 Å². The number of benzene rings is 2. The minimum Gasteiger partial charge on any atom is -0.325 e. The second-order valence-corrected chi connectivity index (χ2v) is 6.72. The van der Waals surface area contributed by atoms with Gasteiger partial charge in [0.25, 0.3) is 0 Å². The van der Waals surface area contributed by atoms with E-state index in [2.05, 4.69) is 16.7 Å². The molecule has 3 nitrogen and oxygen atoms in total. The first-order valence-electron chi connectivity index (χ1n) is 8.04. The van der Waals surface area contributed by atoms with Crippen molar-refractivity contribution in [2.75, 3.05) is 5.32 Å². The Hall–Kier alpha value is -2.50. The number of carbonyl (C=O) groups excluding carboxylic acids is 1. The van der Waals surface area contributed by atoms with Gasteiger partial charge in [0.05, 0.1) is 12.1 Å². The Labute approximate surface area is 150 Å². The van der Waals surface area contributed by atoms with E-state index in [-0.39, 0.29) is 17.8 Å². The summed E-state index contributed by atoms with van der Waals surface area (Å²) in [5, 5.41) is 8.22. The average Bonchev–Trinajstić information content (AvgIpc) is 3.16. The number of thiophene rings is 1. The maximum Gasteiger partial charge on any atom is 0.241 e. The normalized spacial score (nSPS) is 13.2. The van der Waals surface area contributed by atoms with E-state index in [4.69, 9.17) is 0 Å². The highest BCUT2D eigenvalue weighted by molar-refractivity contribution is 7.10. The van der Waals surface area contributed by atoms with Gasteiger partial charge in [-0.3, -0.25) is 10.1 Å². The number of hydrogen-bond acceptors (Lipinski definition) is 3. The summed E-state index contributed by atoms with van der Waals surface area (Å²) in [4.78, 5) is 13.6. The fourth-order valence-electron chi connectivity index (χ4n) is 2.55. The van der Waals surface area contributed by atoms with Gasteiger partial charge in [0.1, 0.15) is 5.82 Å². The van der Waals surface area contributed by atoms with Crippen molar-refractivity contribution in [2.45, 2.75) is 19.0 Å². The van der Waals surface area contributed by atoms with Crippen LogP contribution in [0.3, 0.4) is 0 Å². The summed E-state index contributed by atoms with van der Waals surface area (Å²) in [6, 6.07) is 19.4. The predicted molar refractivity (Wildman–Crippen MR) is 100 cm³/mol. The molecule has 2 atom stereocenters. The van der Waals surface area contributed by atoms with E-state index in [9.17, 15) is 9.18 Å². The monoisotopic (exact) mass is 354 g/mol. The molecule has 0 aliphatic heterocycles. The van der Waals surface area contributed by atoms with Crippen LogP contribution in [0.25, 0.3) is 0 Å². The highest BCUT2D eigenvalue weighted by atomic mass is 32.1. The zero-order valence-corrected chi connectivity index (χ0v) is 14.6. The van der Waals surface area contributed by atoms with E-state index in [1.807, 2.05) is 48.7 Å². The van der Waals surface area contributed by atoms with E-state index in [0.29, 0.717) is 5.69 Å². The second kappa shape index (κ2) is 8.05. The molecule has 3 aromatic rings. The number of halogens is 1. The lowest BCUT2D eigenvalue weighted by atomic mass is 10.0. The van der Waals surface area contributed by atoms with Crippen molar-refractivity contribution in [3.05, 3.63) is 88.4 Å². The molecule has 0 bridgehead atoms. The van der Waals surface area contributed by atoms with Crippen molar-refractivity contribution in [1.82, 2.24) is 5.32 Å². The summed E-state index contributed by atoms with van der Waals surface area (Å²) in [5.41, 5.74) is 1.68. The molecule has 0 saturated heterocycles. The Bertz CT molecular complexity index is 803. The van der Waals surface area contributed by atoms with Gasteiger partial charge in [0, 0.05) is 10.6 Å². The fourth-order valence-corrected chi connectivity index (χ4v) is 3.36. The molecule has 5 heteroatoms. The van der Waals surface area contributed by atoms with Gasteiger partial charge in [-0.1, -0.05) is 36.4 Å². The molecule has 0 aliphatic carbocycles. The highest BCUT2D eigenvalue weighted by Crippen LogP contribution is 2.26. The number of amides is 1. The zero-order chi connectivity index (χ0) is 17.6. The van der Waals surface area contributed by atoms with Crippen molar-refractivity contribution in [3.63, 3.8) is 0 Å². The van der Waals surface area contributed by atoms with Crippen molar-refractivity contribution in [1.29, 1.82) is 0 Å². The molecule has 0 saturated carbocycles. The first-order valence-corrected chi connectivity index (χ1v) is 8.92. The number of anilines is 1. The van der Waals surface area contributed by atoms with E-state index in [1.54, 1.807) is 23.5 Å². The summed E-state index contributed by atoms with van der Waals surface area (Å²) >= 11 is 1.65. The molecule has 2 aromatic carbocycles. The van der Waals surface area contributed by atoms with E-state index in [1.165, 1.54) is 12.1 Å². The summed E-state index contributed by atoms with van der Waals surface area (Å²) in [6.45, 7) is 1.82. The van der Waals surface area contributed by atoms with Crippen molar-refractivity contribution >= 4 is 22.9 Å². The van der Waals surface area contributed by atoms with Crippen LogP contribution < -0.4 is 10.6 Å². The lowest BCUT2D eigenvalue weighted by molar-refractivity contribution is -0.117. The van der Waals surface area contributed by atoms with E-state index >= 15 is 0 Å². The van der Waals surface area contributed by atoms with Crippen molar-refractivity contribution in [3.8, 4) is 0 Å². The van der Waals surface area contributed by atoms with Crippen LogP contribution in [0.2, 0.25) is 0 Å². The van der Waals surface area contributed by atoms with Crippen LogP contribution in [-0.4, -0.2) is 11.9 Å². The average molecular weight is 354 g/mol. The third-order valence-corrected chi connectivity index (χ3v) is 4.82. The molecule has 1 aromatic heterocycles. The van der Waals surface area contributed by atoms with Crippen LogP contribution in [0.15, 0.2) is 72.1 Å². The Morgan fingerprint density at radius 2 is 1.72 bits per heavy atom. The number of hydrogen-bond donors (Lipinski definition) is 2. The molecular weight excluding hydrogens is 335 g/mol. The van der Waals surface area contributed by atoms with Gasteiger partial charge in [-0.15, -0.1) is 11.3 Å². The largest absolute Gasteiger partial charge is 0.325 e. The predicted octanol–water partition coefficient (Wildman–Crippen LogP) is 4.59. The van der Waals surface area contributed by atoms with Gasteiger partial charge in [0.15, 0.2) is 0 Å². The summed E-state index contributed by atoms with van der Waals surface area (Å²) in [5.74, 6) is -0.491. The molecule has 3 rings (SSSR count). The van der Waals surface area contributed by atoms with E-state index < -0.39 is 6.04 Å². The molecule has 0 spiro atoms. The van der Waals surface area contributed by atoms with Gasteiger partial charge in [-0.25, -0.2) is 4.39 Å². The quantitative estimate of drug-likeness (QED) is 0.680. The molecule has 0 fully saturated rings. The lowest BCUT2D eigenvalue weighted by Gasteiger charge is -2.22. The van der Waals surface area contributed by atoms with Crippen LogP contribution in [-0.2, 0) is 4.79 Å². The van der Waals surface area contributed by atoms with Crippen molar-refractivity contribution in [2.24, 2.45) is 0 Å². The van der Waals surface area contributed by atoms with Crippen molar-refractivity contribution < 1.29 is 9.18 Å². The molecule has 2 N–H and O–H groups in total. The van der Waals surface area contributed by atoms with Crippen LogP contribution in [0, 0.1) is 5.82 Å². The number of carbonyl (C=O) groups is 1. The SMILES string of the molecule is C[C@@H](N[C@@H](c1ccccc1)c1cccs1)C(=O)Nc1ccc(F)cc1. The van der Waals surface area contributed by atoms with Crippen LogP contribution >= 0.6 is 11.3 Å². The Morgan fingerprint density at radius 3 is 2.36 bits per heavy atom. The molecule has 0 radical (unpaired) electrons. The van der Waals surface area contributed by atoms with Gasteiger partial charge in [-0.05, 0) is 48.2 Å². The molecule has 1 heterocycles. The minimum atomic E-state index is -0.419. The van der Waals surface area contributed by atoms with Crippen LogP contribution in [0.4, 0.5) is 10.1 Å². The Kier molecular flexibility index (Phi) is 5.58. The third kappa shape index (κ3) is 4.53. The molecular formula is C20H19FN2OS. The summed E-state index contributed by atoms with van der Waals surface area (Å²) < 4.78 is 13.0. The lowest BCUT2D eigenvalue weighted by Crippen LogP contribution is -2.40. The molecule has 25 heavy (non-hydrogen) atoms. The Balaban J connectivity index is 1.72. The first kappa shape index (κ1) is 17.3. The summed E-state index contributed by atoms with van der Waals surface area (Å²) in [7, 11) is 0. The van der Waals surface area contributed by atoms with Crippen LogP contribution in [0.1, 0.15) is 23.4 Å². The highest BCUT2D eigenvalue weighted by Gasteiger charge is 2.21. The molecule has 128 valence electrons. The molecule has 0 unspecified atom stereocenters. The van der Waals surface area contributed by atoms with Gasteiger partial charge >= 0.3 is 0 Å². The topological polar surface area (TPSA) is 41.1 Å². The number of rotatable bonds is 6. The minimum absolute atomic E-state index is 0.0600. The molecule has 1 amide bonds. The van der Waals surface area contributed by atoms with Crippen LogP contribution in [0.5, 0.6) is 0 Å². The second-order valence-electron chi connectivity index (χ2n) is 5.74. The maximum atomic E-state index is 13.0. The van der Waals surface area contributed by atoms with E-state index in [0.717, 1.165) is 10.4 Å². The van der Waals surface area contributed by atoms with Gasteiger partial charge < -0.3 is 5.32 Å². The molecule has 0 aliphatic rings. The maximum absolute atomic E-state index is 13.0. The smallest absolute Gasteiger partial charge is 0.241 e. The number of nitrogens with one attached hydrogen (secondary N) is 2. The first-order chi connectivity index (χ1) is 12.1. The standard InChI is InChI=1S/C20H19FN2OS/c1-14(20(24)23-17-11-9-16(21)10-12-17)22-19(18-8-5-13-25-18)15-6-3-2-4-7-15/h2-14,19,22H,1H3,(H,23,24)/t14-,19+/m1/s1. The van der Waals surface area contributed by atoms with Gasteiger partial charge in [0.2, 0.25) is 5.91 Å². The third-order valence-electron chi connectivity index (χ3n) is 3.88.